The predicted molar refractivity (Wildman–Crippen MR) is 69.6 cm³/mol. The molecule has 2 saturated heterocycles. The number of piperidine rings is 1. The number of amides is 1. The molecule has 2 rings (SSSR count). The fraction of sp³-hybridized carbons (Fsp3) is 0.929. The van der Waals surface area contributed by atoms with Crippen LogP contribution in [-0.4, -0.2) is 53.0 Å². The third kappa shape index (κ3) is 4.57. The molecule has 2 aliphatic heterocycles. The van der Waals surface area contributed by atoms with Crippen LogP contribution in [0.3, 0.4) is 0 Å². The van der Waals surface area contributed by atoms with Crippen molar-refractivity contribution in [3.63, 3.8) is 0 Å². The van der Waals surface area contributed by atoms with E-state index in [0.717, 1.165) is 0 Å². The maximum absolute atomic E-state index is 12.1. The van der Waals surface area contributed by atoms with Gasteiger partial charge in [0.05, 0.1) is 24.2 Å². The van der Waals surface area contributed by atoms with Gasteiger partial charge >= 0.3 is 6.18 Å². The highest BCUT2D eigenvalue weighted by molar-refractivity contribution is 5.76. The van der Waals surface area contributed by atoms with Crippen LogP contribution in [0.5, 0.6) is 0 Å². The summed E-state index contributed by atoms with van der Waals surface area (Å²) in [5.41, 5.74) is -1.19. The Kier molecular flexibility index (Phi) is 4.54. The van der Waals surface area contributed by atoms with E-state index in [1.54, 1.807) is 6.92 Å². The number of rotatable bonds is 2. The summed E-state index contributed by atoms with van der Waals surface area (Å²) in [6, 6.07) is 0. The highest BCUT2D eigenvalue weighted by atomic mass is 19.4. The summed E-state index contributed by atoms with van der Waals surface area (Å²) in [5.74, 6) is -0.454. The molecule has 122 valence electrons. The van der Waals surface area contributed by atoms with Crippen LogP contribution in [0.4, 0.5) is 13.2 Å². The second-order valence-corrected chi connectivity index (χ2v) is 6.45. The summed E-state index contributed by atoms with van der Waals surface area (Å²) < 4.78 is 42.2. The Hall–Kier alpha value is -0.820. The normalized spacial score (nSPS) is 29.7. The number of alkyl halides is 3. The second kappa shape index (κ2) is 5.76. The van der Waals surface area contributed by atoms with Crippen LogP contribution in [-0.2, 0) is 9.53 Å². The molecule has 21 heavy (non-hydrogen) atoms. The molecular formula is C14H22F3NO3. The minimum Gasteiger partial charge on any atom is -0.390 e. The Morgan fingerprint density at radius 2 is 1.90 bits per heavy atom. The smallest absolute Gasteiger partial charge is 0.389 e. The first-order valence-electron chi connectivity index (χ1n) is 7.32. The second-order valence-electron chi connectivity index (χ2n) is 6.45. The number of aliphatic hydroxyl groups is 1. The highest BCUT2D eigenvalue weighted by Gasteiger charge is 2.45. The third-order valence-corrected chi connectivity index (χ3v) is 4.40. The first kappa shape index (κ1) is 16.5. The number of carbonyl (C=O) groups excluding carboxylic acids is 1. The number of hydrogen-bond donors (Lipinski definition) is 1. The van der Waals surface area contributed by atoms with Gasteiger partial charge in [0.15, 0.2) is 0 Å². The summed E-state index contributed by atoms with van der Waals surface area (Å²) in [6.07, 6.45) is -3.61. The lowest BCUT2D eigenvalue weighted by molar-refractivity contribution is -0.177. The Morgan fingerprint density at radius 3 is 2.43 bits per heavy atom. The zero-order chi connectivity index (χ0) is 15.7. The summed E-state index contributed by atoms with van der Waals surface area (Å²) in [7, 11) is 0. The largest absolute Gasteiger partial charge is 0.390 e. The molecule has 2 fully saturated rings. The van der Waals surface area contributed by atoms with Crippen molar-refractivity contribution in [1.29, 1.82) is 0 Å². The lowest BCUT2D eigenvalue weighted by Crippen LogP contribution is -2.54. The van der Waals surface area contributed by atoms with Crippen molar-refractivity contribution < 1.29 is 27.8 Å². The standard InChI is InChI=1S/C14H22F3NO3/c1-12(20)6-9-21-13(10-12)4-7-18(8-5-13)11(19)2-3-14(15,16)17/h20H,2-10H2,1H3. The summed E-state index contributed by atoms with van der Waals surface area (Å²) in [4.78, 5) is 13.3. The number of ether oxygens (including phenoxy) is 1. The molecule has 4 nitrogen and oxygen atoms in total. The van der Waals surface area contributed by atoms with Crippen molar-refractivity contribution in [3.8, 4) is 0 Å². The topological polar surface area (TPSA) is 49.8 Å². The molecule has 1 atom stereocenters. The van der Waals surface area contributed by atoms with E-state index in [0.29, 0.717) is 45.4 Å². The van der Waals surface area contributed by atoms with E-state index in [-0.39, 0.29) is 0 Å². The summed E-state index contributed by atoms with van der Waals surface area (Å²) in [6.45, 7) is 3.05. The number of halogens is 3. The fourth-order valence-corrected chi connectivity index (χ4v) is 3.21. The van der Waals surface area contributed by atoms with E-state index < -0.39 is 36.1 Å². The lowest BCUT2D eigenvalue weighted by atomic mass is 9.78. The van der Waals surface area contributed by atoms with Gasteiger partial charge < -0.3 is 14.7 Å². The van der Waals surface area contributed by atoms with Crippen molar-refractivity contribution in [2.75, 3.05) is 19.7 Å². The van der Waals surface area contributed by atoms with Crippen LogP contribution >= 0.6 is 0 Å². The molecule has 1 unspecified atom stereocenters. The number of carbonyl (C=O) groups is 1. The van der Waals surface area contributed by atoms with Gasteiger partial charge in [-0.05, 0) is 26.2 Å². The molecule has 0 bridgehead atoms. The van der Waals surface area contributed by atoms with Crippen molar-refractivity contribution in [2.24, 2.45) is 0 Å². The summed E-state index contributed by atoms with van der Waals surface area (Å²) >= 11 is 0. The molecule has 0 aromatic heterocycles. The van der Waals surface area contributed by atoms with Crippen molar-refractivity contribution in [3.05, 3.63) is 0 Å². The molecular weight excluding hydrogens is 287 g/mol. The van der Waals surface area contributed by atoms with Crippen LogP contribution in [0.25, 0.3) is 0 Å². The Balaban J connectivity index is 1.84. The fourth-order valence-electron chi connectivity index (χ4n) is 3.21. The van der Waals surface area contributed by atoms with Crippen LogP contribution in [0, 0.1) is 0 Å². The molecule has 1 spiro atoms. The van der Waals surface area contributed by atoms with Gasteiger partial charge in [0.2, 0.25) is 5.91 Å². The van der Waals surface area contributed by atoms with Gasteiger partial charge in [0.1, 0.15) is 0 Å². The average molecular weight is 309 g/mol. The number of likely N-dealkylation sites (tertiary alicyclic amines) is 1. The monoisotopic (exact) mass is 309 g/mol. The van der Waals surface area contributed by atoms with Crippen molar-refractivity contribution >= 4 is 5.91 Å². The molecule has 1 N–H and O–H groups in total. The average Bonchev–Trinajstić information content (AvgIpc) is 2.34. The minimum absolute atomic E-state index is 0.396. The maximum Gasteiger partial charge on any atom is 0.389 e. The van der Waals surface area contributed by atoms with Gasteiger partial charge in [-0.25, -0.2) is 0 Å². The molecule has 7 heteroatoms. The quantitative estimate of drug-likeness (QED) is 0.851. The molecule has 0 saturated carbocycles. The van der Waals surface area contributed by atoms with Crippen LogP contribution in [0.1, 0.15) is 45.4 Å². The van der Waals surface area contributed by atoms with Gasteiger partial charge in [-0.2, -0.15) is 13.2 Å². The molecule has 2 heterocycles. The van der Waals surface area contributed by atoms with Crippen molar-refractivity contribution in [2.45, 2.75) is 62.8 Å². The number of nitrogens with zero attached hydrogens (tertiary/aromatic N) is 1. The van der Waals surface area contributed by atoms with E-state index >= 15 is 0 Å². The Morgan fingerprint density at radius 1 is 1.29 bits per heavy atom. The van der Waals surface area contributed by atoms with Crippen LogP contribution in [0.15, 0.2) is 0 Å². The molecule has 0 aromatic rings. The molecule has 1 amide bonds. The molecule has 0 radical (unpaired) electrons. The Bertz CT molecular complexity index is 387. The SMILES string of the molecule is CC1(O)CCOC2(CCN(C(=O)CCC(F)(F)F)CC2)C1. The van der Waals surface area contributed by atoms with Crippen molar-refractivity contribution in [1.82, 2.24) is 4.90 Å². The van der Waals surface area contributed by atoms with E-state index in [9.17, 15) is 23.1 Å². The van der Waals surface area contributed by atoms with Gasteiger partial charge in [-0.3, -0.25) is 4.79 Å². The molecule has 0 aliphatic carbocycles. The van der Waals surface area contributed by atoms with E-state index in [4.69, 9.17) is 4.74 Å². The van der Waals surface area contributed by atoms with E-state index in [2.05, 4.69) is 0 Å². The summed E-state index contributed by atoms with van der Waals surface area (Å²) in [5, 5.41) is 10.2. The minimum atomic E-state index is -4.29. The third-order valence-electron chi connectivity index (χ3n) is 4.40. The molecule has 0 aromatic carbocycles. The Labute approximate surface area is 122 Å². The number of hydrogen-bond acceptors (Lipinski definition) is 3. The van der Waals surface area contributed by atoms with Gasteiger partial charge in [0.25, 0.3) is 0 Å². The van der Waals surface area contributed by atoms with Crippen LogP contribution in [0.2, 0.25) is 0 Å². The van der Waals surface area contributed by atoms with Gasteiger partial charge in [0, 0.05) is 25.9 Å². The molecule has 2 aliphatic rings. The van der Waals surface area contributed by atoms with Crippen LogP contribution < -0.4 is 0 Å². The van der Waals surface area contributed by atoms with E-state index in [1.807, 2.05) is 0 Å². The first-order valence-corrected chi connectivity index (χ1v) is 7.32. The predicted octanol–water partition coefficient (Wildman–Crippen LogP) is 2.25. The first-order chi connectivity index (χ1) is 9.61. The lowest BCUT2D eigenvalue weighted by Gasteiger charge is -2.48. The van der Waals surface area contributed by atoms with E-state index in [1.165, 1.54) is 4.90 Å². The van der Waals surface area contributed by atoms with Gasteiger partial charge in [-0.1, -0.05) is 0 Å². The van der Waals surface area contributed by atoms with Gasteiger partial charge in [-0.15, -0.1) is 0 Å². The highest BCUT2D eigenvalue weighted by Crippen LogP contribution is 2.39. The zero-order valence-corrected chi connectivity index (χ0v) is 12.2. The maximum atomic E-state index is 12.1. The zero-order valence-electron chi connectivity index (χ0n) is 12.2.